The number of ether oxygens (including phenoxy) is 1. The molecule has 0 radical (unpaired) electrons. The summed E-state index contributed by atoms with van der Waals surface area (Å²) in [6.07, 6.45) is 0. The number of methoxy groups -OCH3 is 1. The Balaban J connectivity index is 2.93. The fourth-order valence-corrected chi connectivity index (χ4v) is 1.94. The second-order valence-corrected chi connectivity index (χ2v) is 4.61. The minimum atomic E-state index is -0.521. The summed E-state index contributed by atoms with van der Waals surface area (Å²) in [5, 5.41) is 3.07. The van der Waals surface area contributed by atoms with Gasteiger partial charge in [0.25, 0.3) is 0 Å². The molecule has 1 atom stereocenters. The zero-order valence-corrected chi connectivity index (χ0v) is 12.0. The van der Waals surface area contributed by atoms with E-state index in [1.807, 2.05) is 6.92 Å². The number of halogens is 3. The molecule has 8 heteroatoms. The average Bonchev–Trinajstić information content (AvgIpc) is 2.32. The van der Waals surface area contributed by atoms with E-state index in [4.69, 9.17) is 33.8 Å². The molecule has 106 valence electrons. The molecule has 0 aromatic heterocycles. The number of hydrogen-bond donors (Lipinski definition) is 3. The molecule has 0 spiro atoms. The average molecular weight is 309 g/mol. The monoisotopic (exact) mass is 308 g/mol. The third kappa shape index (κ3) is 4.83. The smallest absolute Gasteiger partial charge is 0.210 e. The van der Waals surface area contributed by atoms with Crippen LogP contribution in [0.15, 0.2) is 17.1 Å². The Hall–Kier alpha value is -1.08. The predicted octanol–water partition coefficient (Wildman–Crippen LogP) is 2.40. The van der Waals surface area contributed by atoms with Crippen molar-refractivity contribution < 1.29 is 9.13 Å². The molecule has 0 saturated heterocycles. The van der Waals surface area contributed by atoms with Crippen molar-refractivity contribution in [1.29, 1.82) is 0 Å². The van der Waals surface area contributed by atoms with Crippen LogP contribution in [-0.4, -0.2) is 25.7 Å². The van der Waals surface area contributed by atoms with Crippen LogP contribution in [0, 0.1) is 5.82 Å². The lowest BCUT2D eigenvalue weighted by atomic mass is 10.3. The lowest BCUT2D eigenvalue weighted by Gasteiger charge is -2.14. The first-order valence-corrected chi connectivity index (χ1v) is 6.18. The minimum absolute atomic E-state index is 0.124. The highest BCUT2D eigenvalue weighted by atomic mass is 35.5. The van der Waals surface area contributed by atoms with Crippen molar-refractivity contribution in [2.75, 3.05) is 19.0 Å². The first-order valence-electron chi connectivity index (χ1n) is 5.42. The van der Waals surface area contributed by atoms with Crippen molar-refractivity contribution in [1.82, 2.24) is 5.43 Å². The number of benzene rings is 1. The number of nitrogens with two attached hydrogens (primary N) is 1. The molecule has 0 aliphatic rings. The molecule has 1 unspecified atom stereocenters. The summed E-state index contributed by atoms with van der Waals surface area (Å²) in [5.41, 5.74) is 2.71. The second-order valence-electron chi connectivity index (χ2n) is 3.80. The van der Waals surface area contributed by atoms with E-state index in [0.29, 0.717) is 12.3 Å². The first-order chi connectivity index (χ1) is 8.97. The third-order valence-electron chi connectivity index (χ3n) is 2.14. The molecule has 1 aromatic rings. The van der Waals surface area contributed by atoms with E-state index in [0.717, 1.165) is 12.1 Å². The van der Waals surface area contributed by atoms with Crippen LogP contribution in [0.25, 0.3) is 0 Å². The fourth-order valence-electron chi connectivity index (χ4n) is 1.38. The molecule has 0 aliphatic carbocycles. The van der Waals surface area contributed by atoms with E-state index in [1.54, 1.807) is 7.11 Å². The maximum atomic E-state index is 13.1. The summed E-state index contributed by atoms with van der Waals surface area (Å²) in [6.45, 7) is 2.27. The lowest BCUT2D eigenvalue weighted by molar-refractivity contribution is 0.185. The maximum Gasteiger partial charge on any atom is 0.210 e. The van der Waals surface area contributed by atoms with Crippen molar-refractivity contribution in [3.63, 3.8) is 0 Å². The van der Waals surface area contributed by atoms with Gasteiger partial charge in [-0.2, -0.15) is 0 Å². The molecule has 1 rings (SSSR count). The Morgan fingerprint density at radius 2 is 2.05 bits per heavy atom. The summed E-state index contributed by atoms with van der Waals surface area (Å²) in [7, 11) is 1.57. The highest BCUT2D eigenvalue weighted by Crippen LogP contribution is 2.31. The summed E-state index contributed by atoms with van der Waals surface area (Å²) < 4.78 is 18.0. The van der Waals surface area contributed by atoms with E-state index < -0.39 is 5.82 Å². The SMILES string of the molecule is COCC(C)N=C(NN)Nc1c(Cl)cc(F)cc1Cl. The van der Waals surface area contributed by atoms with Crippen molar-refractivity contribution in [2.45, 2.75) is 13.0 Å². The quantitative estimate of drug-likeness (QED) is 0.346. The zero-order chi connectivity index (χ0) is 14.4. The van der Waals surface area contributed by atoms with Gasteiger partial charge in [-0.25, -0.2) is 15.2 Å². The van der Waals surface area contributed by atoms with E-state index in [1.165, 1.54) is 0 Å². The van der Waals surface area contributed by atoms with Gasteiger partial charge in [0, 0.05) is 7.11 Å². The van der Waals surface area contributed by atoms with Crippen LogP contribution in [0.5, 0.6) is 0 Å². The standard InChI is InChI=1S/C11H15Cl2FN4O/c1-6(5-19-2)16-11(18-15)17-10-8(12)3-7(14)4-9(10)13/h3-4,6H,5,15H2,1-2H3,(H2,16,17,18). The van der Waals surface area contributed by atoms with Gasteiger partial charge in [0.05, 0.1) is 28.4 Å². The van der Waals surface area contributed by atoms with Crippen LogP contribution in [0.3, 0.4) is 0 Å². The Morgan fingerprint density at radius 3 is 2.53 bits per heavy atom. The lowest BCUT2D eigenvalue weighted by Crippen LogP contribution is -2.37. The van der Waals surface area contributed by atoms with Crippen molar-refractivity contribution in [3.05, 3.63) is 28.0 Å². The summed E-state index contributed by atoms with van der Waals surface area (Å²) in [6, 6.07) is 2.16. The molecule has 5 nitrogen and oxygen atoms in total. The van der Waals surface area contributed by atoms with Crippen molar-refractivity contribution in [2.24, 2.45) is 10.8 Å². The van der Waals surface area contributed by atoms with Gasteiger partial charge < -0.3 is 10.1 Å². The van der Waals surface area contributed by atoms with E-state index in [-0.39, 0.29) is 22.0 Å². The number of hydrogen-bond acceptors (Lipinski definition) is 3. The van der Waals surface area contributed by atoms with Crippen LogP contribution < -0.4 is 16.6 Å². The van der Waals surface area contributed by atoms with Crippen LogP contribution in [-0.2, 0) is 4.74 Å². The molecular formula is C11H15Cl2FN4O. The topological polar surface area (TPSA) is 71.7 Å². The van der Waals surface area contributed by atoms with Gasteiger partial charge in [-0.3, -0.25) is 5.43 Å². The van der Waals surface area contributed by atoms with Gasteiger partial charge in [-0.15, -0.1) is 0 Å². The van der Waals surface area contributed by atoms with Gasteiger partial charge >= 0.3 is 0 Å². The molecule has 0 amide bonds. The van der Waals surface area contributed by atoms with Crippen LogP contribution in [0.1, 0.15) is 6.92 Å². The highest BCUT2D eigenvalue weighted by Gasteiger charge is 2.11. The molecular weight excluding hydrogens is 294 g/mol. The molecule has 0 saturated carbocycles. The summed E-state index contributed by atoms with van der Waals surface area (Å²) in [4.78, 5) is 4.22. The van der Waals surface area contributed by atoms with Gasteiger partial charge in [-0.1, -0.05) is 23.2 Å². The highest BCUT2D eigenvalue weighted by molar-refractivity contribution is 6.39. The van der Waals surface area contributed by atoms with E-state index in [2.05, 4.69) is 15.7 Å². The summed E-state index contributed by atoms with van der Waals surface area (Å²) >= 11 is 11.8. The Kier molecular flexibility index (Phi) is 6.30. The number of anilines is 1. The van der Waals surface area contributed by atoms with Crippen molar-refractivity contribution in [3.8, 4) is 0 Å². The number of rotatable bonds is 4. The Morgan fingerprint density at radius 1 is 1.47 bits per heavy atom. The molecule has 0 fully saturated rings. The maximum absolute atomic E-state index is 13.1. The number of hydrazine groups is 1. The van der Waals surface area contributed by atoms with Crippen LogP contribution >= 0.6 is 23.2 Å². The number of nitrogens with zero attached hydrogens (tertiary/aromatic N) is 1. The third-order valence-corrected chi connectivity index (χ3v) is 2.74. The molecule has 1 aromatic carbocycles. The zero-order valence-electron chi connectivity index (χ0n) is 10.5. The van der Waals surface area contributed by atoms with E-state index in [9.17, 15) is 4.39 Å². The molecule has 19 heavy (non-hydrogen) atoms. The van der Waals surface area contributed by atoms with Crippen molar-refractivity contribution >= 4 is 34.8 Å². The normalized spacial score (nSPS) is 13.3. The number of nitrogens with one attached hydrogen (secondary N) is 2. The predicted molar refractivity (Wildman–Crippen MR) is 76.1 cm³/mol. The van der Waals surface area contributed by atoms with Crippen LogP contribution in [0.4, 0.5) is 10.1 Å². The Labute approximate surface area is 120 Å². The minimum Gasteiger partial charge on any atom is -0.382 e. The number of aliphatic imine (C=N–C) groups is 1. The van der Waals surface area contributed by atoms with Gasteiger partial charge in [0.1, 0.15) is 5.82 Å². The largest absolute Gasteiger partial charge is 0.382 e. The van der Waals surface area contributed by atoms with Gasteiger partial charge in [0.2, 0.25) is 5.96 Å². The molecule has 0 bridgehead atoms. The van der Waals surface area contributed by atoms with Gasteiger partial charge in [-0.05, 0) is 19.1 Å². The Bertz CT molecular complexity index is 447. The second kappa shape index (κ2) is 7.49. The fraction of sp³-hybridized carbons (Fsp3) is 0.364. The van der Waals surface area contributed by atoms with Gasteiger partial charge in [0.15, 0.2) is 0 Å². The molecule has 0 aliphatic heterocycles. The molecule has 4 N–H and O–H groups in total. The van der Waals surface area contributed by atoms with E-state index >= 15 is 0 Å². The number of guanidine groups is 1. The molecule has 0 heterocycles. The summed E-state index contributed by atoms with van der Waals surface area (Å²) in [5.74, 6) is 5.08. The first kappa shape index (κ1) is 16.0. The van der Waals surface area contributed by atoms with Crippen LogP contribution in [0.2, 0.25) is 10.0 Å².